The van der Waals surface area contributed by atoms with Crippen molar-refractivity contribution < 1.29 is 23.7 Å². The molecule has 4 heterocycles. The van der Waals surface area contributed by atoms with Crippen molar-refractivity contribution in [2.75, 3.05) is 24.7 Å². The molecule has 0 bridgehead atoms. The van der Waals surface area contributed by atoms with Gasteiger partial charge in [-0.15, -0.1) is 10.2 Å². The van der Waals surface area contributed by atoms with E-state index in [2.05, 4.69) is 20.6 Å². The number of carbonyl (C=O) groups excluding carboxylic acids is 1. The zero-order valence-electron chi connectivity index (χ0n) is 16.5. The molecule has 0 saturated carbocycles. The van der Waals surface area contributed by atoms with Gasteiger partial charge in [0.25, 0.3) is 0 Å². The highest BCUT2D eigenvalue weighted by Gasteiger charge is 2.17. The number of aromatic nitrogens is 4. The average Bonchev–Trinajstić information content (AvgIpc) is 3.55. The summed E-state index contributed by atoms with van der Waals surface area (Å²) in [6.45, 7) is 0.398. The molecule has 6 rings (SSSR count). The van der Waals surface area contributed by atoms with Crippen LogP contribution in [0.4, 0.5) is 5.69 Å². The standard InChI is InChI=1S/C21H15N5O5S/c27-20(22-13-2-5-16-18(8-13)31-11-29-16)9-32-21-24-23-19-6-3-14(25-26(19)21)12-1-4-15-17(7-12)30-10-28-15/h1-8H,9-11H2,(H,22,27). The minimum Gasteiger partial charge on any atom is -0.454 e. The lowest BCUT2D eigenvalue weighted by molar-refractivity contribution is -0.113. The Morgan fingerprint density at radius 3 is 2.50 bits per heavy atom. The Hall–Kier alpha value is -3.99. The summed E-state index contributed by atoms with van der Waals surface area (Å²) >= 11 is 1.25. The van der Waals surface area contributed by atoms with Crippen molar-refractivity contribution in [1.29, 1.82) is 0 Å². The normalized spacial score (nSPS) is 13.5. The van der Waals surface area contributed by atoms with Crippen LogP contribution in [0.15, 0.2) is 53.7 Å². The van der Waals surface area contributed by atoms with E-state index in [0.29, 0.717) is 39.5 Å². The number of hydrogen-bond donors (Lipinski definition) is 1. The Labute approximate surface area is 185 Å². The van der Waals surface area contributed by atoms with Crippen molar-refractivity contribution in [2.24, 2.45) is 0 Å². The lowest BCUT2D eigenvalue weighted by Gasteiger charge is -2.06. The third-order valence-corrected chi connectivity index (χ3v) is 5.81. The molecule has 32 heavy (non-hydrogen) atoms. The molecule has 2 aromatic carbocycles. The Morgan fingerprint density at radius 1 is 0.906 bits per heavy atom. The van der Waals surface area contributed by atoms with E-state index in [1.807, 2.05) is 30.3 Å². The molecule has 0 unspecified atom stereocenters. The van der Waals surface area contributed by atoms with E-state index in [4.69, 9.17) is 18.9 Å². The first kappa shape index (κ1) is 18.8. The molecule has 0 atom stereocenters. The van der Waals surface area contributed by atoms with Crippen molar-refractivity contribution in [3.8, 4) is 34.3 Å². The van der Waals surface area contributed by atoms with Gasteiger partial charge in [0.1, 0.15) is 0 Å². The second-order valence-electron chi connectivity index (χ2n) is 6.94. The molecular formula is C21H15N5O5S. The summed E-state index contributed by atoms with van der Waals surface area (Å²) in [6.07, 6.45) is 0. The first-order chi connectivity index (χ1) is 15.7. The van der Waals surface area contributed by atoms with Gasteiger partial charge in [-0.25, -0.2) is 0 Å². The first-order valence-corrected chi connectivity index (χ1v) is 10.7. The highest BCUT2D eigenvalue weighted by atomic mass is 32.2. The van der Waals surface area contributed by atoms with Crippen molar-refractivity contribution in [1.82, 2.24) is 19.8 Å². The Morgan fingerprint density at radius 2 is 1.66 bits per heavy atom. The second kappa shape index (κ2) is 7.61. The summed E-state index contributed by atoms with van der Waals surface area (Å²) in [6, 6.07) is 14.6. The molecule has 0 saturated heterocycles. The molecule has 1 amide bonds. The Balaban J connectivity index is 1.18. The van der Waals surface area contributed by atoms with Gasteiger partial charge in [-0.2, -0.15) is 9.61 Å². The third kappa shape index (κ3) is 3.42. The zero-order chi connectivity index (χ0) is 21.5. The molecule has 0 spiro atoms. The van der Waals surface area contributed by atoms with Crippen LogP contribution in [0.1, 0.15) is 0 Å². The summed E-state index contributed by atoms with van der Waals surface area (Å²) in [5.74, 6) is 2.63. The van der Waals surface area contributed by atoms with Crippen LogP contribution in [0.25, 0.3) is 16.9 Å². The molecule has 0 fully saturated rings. The topological polar surface area (TPSA) is 109 Å². The van der Waals surface area contributed by atoms with Crippen LogP contribution >= 0.6 is 11.8 Å². The SMILES string of the molecule is O=C(CSc1nnc2ccc(-c3ccc4c(c3)OCO4)nn12)Nc1ccc2c(c1)OCO2. The highest BCUT2D eigenvalue weighted by molar-refractivity contribution is 7.99. The summed E-state index contributed by atoms with van der Waals surface area (Å²) in [4.78, 5) is 12.4. The van der Waals surface area contributed by atoms with Gasteiger partial charge in [0, 0.05) is 17.3 Å². The number of hydrogen-bond acceptors (Lipinski definition) is 9. The quantitative estimate of drug-likeness (QED) is 0.460. The molecule has 0 aliphatic carbocycles. The van der Waals surface area contributed by atoms with Crippen LogP contribution in [0, 0.1) is 0 Å². The van der Waals surface area contributed by atoms with Gasteiger partial charge < -0.3 is 24.3 Å². The number of anilines is 1. The van der Waals surface area contributed by atoms with E-state index in [1.54, 1.807) is 22.7 Å². The minimum atomic E-state index is -0.183. The molecule has 10 nitrogen and oxygen atoms in total. The maximum atomic E-state index is 12.4. The van der Waals surface area contributed by atoms with Crippen LogP contribution in [-0.2, 0) is 4.79 Å². The maximum absolute atomic E-state index is 12.4. The second-order valence-corrected chi connectivity index (χ2v) is 7.89. The van der Waals surface area contributed by atoms with Gasteiger partial charge in [-0.3, -0.25) is 4.79 Å². The number of amides is 1. The summed E-state index contributed by atoms with van der Waals surface area (Å²) in [7, 11) is 0. The van der Waals surface area contributed by atoms with Crippen molar-refractivity contribution in [3.05, 3.63) is 48.5 Å². The Kier molecular flexibility index (Phi) is 4.46. The number of carbonyl (C=O) groups is 1. The minimum absolute atomic E-state index is 0.144. The molecule has 2 aliphatic rings. The van der Waals surface area contributed by atoms with E-state index in [-0.39, 0.29) is 25.2 Å². The predicted molar refractivity (Wildman–Crippen MR) is 114 cm³/mol. The molecular weight excluding hydrogens is 434 g/mol. The largest absolute Gasteiger partial charge is 0.454 e. The van der Waals surface area contributed by atoms with Crippen molar-refractivity contribution in [3.63, 3.8) is 0 Å². The molecule has 11 heteroatoms. The number of rotatable bonds is 5. The van der Waals surface area contributed by atoms with E-state index in [1.165, 1.54) is 11.8 Å². The van der Waals surface area contributed by atoms with E-state index >= 15 is 0 Å². The van der Waals surface area contributed by atoms with Crippen molar-refractivity contribution >= 4 is 29.0 Å². The molecule has 1 N–H and O–H groups in total. The Bertz CT molecular complexity index is 1360. The maximum Gasteiger partial charge on any atom is 0.234 e. The summed E-state index contributed by atoms with van der Waals surface area (Å²) in [5.41, 5.74) is 2.82. The smallest absolute Gasteiger partial charge is 0.234 e. The fourth-order valence-electron chi connectivity index (χ4n) is 3.37. The number of benzene rings is 2. The van der Waals surface area contributed by atoms with Crippen LogP contribution in [0.2, 0.25) is 0 Å². The molecule has 2 aromatic heterocycles. The number of ether oxygens (including phenoxy) is 4. The van der Waals surface area contributed by atoms with Gasteiger partial charge in [0.2, 0.25) is 24.6 Å². The van der Waals surface area contributed by atoms with Crippen LogP contribution in [-0.4, -0.2) is 45.1 Å². The van der Waals surface area contributed by atoms with Crippen LogP contribution in [0.3, 0.4) is 0 Å². The highest BCUT2D eigenvalue weighted by Crippen LogP contribution is 2.36. The molecule has 0 radical (unpaired) electrons. The molecule has 2 aliphatic heterocycles. The summed E-state index contributed by atoms with van der Waals surface area (Å²) < 4.78 is 23.1. The third-order valence-electron chi connectivity index (χ3n) is 4.89. The summed E-state index contributed by atoms with van der Waals surface area (Å²) in [5, 5.41) is 16.3. The number of fused-ring (bicyclic) bond motifs is 3. The van der Waals surface area contributed by atoms with Crippen molar-refractivity contribution in [2.45, 2.75) is 5.16 Å². The average molecular weight is 449 g/mol. The van der Waals surface area contributed by atoms with Gasteiger partial charge in [0.15, 0.2) is 28.6 Å². The number of thioether (sulfide) groups is 1. The monoisotopic (exact) mass is 449 g/mol. The van der Waals surface area contributed by atoms with Crippen LogP contribution in [0.5, 0.6) is 23.0 Å². The fraction of sp³-hybridized carbons (Fsp3) is 0.143. The van der Waals surface area contributed by atoms with E-state index in [9.17, 15) is 4.79 Å². The number of nitrogens with one attached hydrogen (secondary N) is 1. The van der Waals surface area contributed by atoms with Gasteiger partial charge >= 0.3 is 0 Å². The van der Waals surface area contributed by atoms with Crippen LogP contribution < -0.4 is 24.3 Å². The molecule has 4 aromatic rings. The van der Waals surface area contributed by atoms with Gasteiger partial charge in [0.05, 0.1) is 11.4 Å². The van der Waals surface area contributed by atoms with Gasteiger partial charge in [-0.05, 0) is 42.5 Å². The van der Waals surface area contributed by atoms with E-state index < -0.39 is 0 Å². The van der Waals surface area contributed by atoms with E-state index in [0.717, 1.165) is 11.3 Å². The van der Waals surface area contributed by atoms with Gasteiger partial charge in [-0.1, -0.05) is 11.8 Å². The fourth-order valence-corrected chi connectivity index (χ4v) is 4.06. The predicted octanol–water partition coefficient (Wildman–Crippen LogP) is 2.98. The molecule has 160 valence electrons. The first-order valence-electron chi connectivity index (χ1n) is 9.68. The lowest BCUT2D eigenvalue weighted by atomic mass is 10.1. The number of nitrogens with zero attached hydrogens (tertiary/aromatic N) is 4. The lowest BCUT2D eigenvalue weighted by Crippen LogP contribution is -2.14. The zero-order valence-corrected chi connectivity index (χ0v) is 17.3.